The SMILES string of the molecule is Cc1c2c(cc3c1oc1ccc4ccccc4c13)C(C)(C)C(C)(C)c1cccnc1-2. The first-order chi connectivity index (χ1) is 14.3. The van der Waals surface area contributed by atoms with E-state index < -0.39 is 0 Å². The van der Waals surface area contributed by atoms with Gasteiger partial charge in [0.15, 0.2) is 0 Å². The first kappa shape index (κ1) is 17.7. The second-order valence-corrected chi connectivity index (χ2v) is 9.71. The molecular weight excluding hydrogens is 366 g/mol. The van der Waals surface area contributed by atoms with Crippen molar-refractivity contribution in [2.75, 3.05) is 0 Å². The summed E-state index contributed by atoms with van der Waals surface area (Å²) in [4.78, 5) is 4.85. The molecule has 2 heteroatoms. The van der Waals surface area contributed by atoms with Crippen LogP contribution in [0.4, 0.5) is 0 Å². The molecule has 6 rings (SSSR count). The van der Waals surface area contributed by atoms with Crippen LogP contribution >= 0.6 is 0 Å². The third-order valence-corrected chi connectivity index (χ3v) is 7.84. The van der Waals surface area contributed by atoms with Crippen molar-refractivity contribution in [3.8, 4) is 11.3 Å². The lowest BCUT2D eigenvalue weighted by Gasteiger charge is -2.48. The van der Waals surface area contributed by atoms with Crippen LogP contribution in [0.1, 0.15) is 44.4 Å². The van der Waals surface area contributed by atoms with Gasteiger partial charge in [-0.05, 0) is 52.4 Å². The second-order valence-electron chi connectivity index (χ2n) is 9.71. The summed E-state index contributed by atoms with van der Waals surface area (Å²) in [6, 6.07) is 19.5. The van der Waals surface area contributed by atoms with Crippen LogP contribution in [0.2, 0.25) is 0 Å². The summed E-state index contributed by atoms with van der Waals surface area (Å²) in [6.45, 7) is 11.6. The molecule has 5 aromatic rings. The van der Waals surface area contributed by atoms with E-state index in [9.17, 15) is 0 Å². The Morgan fingerprint density at radius 3 is 2.40 bits per heavy atom. The first-order valence-corrected chi connectivity index (χ1v) is 10.7. The standard InChI is InChI=1S/C28H25NO/c1-16-23-21(28(4,5)27(2,3)20-11-8-14-29-25(20)23)15-19-24-18-10-7-6-9-17(18)12-13-22(24)30-26(16)19/h6-15H,1-5H3. The molecule has 2 heterocycles. The van der Waals surface area contributed by atoms with Crippen LogP contribution in [0, 0.1) is 6.92 Å². The third kappa shape index (κ3) is 1.97. The lowest BCUT2D eigenvalue weighted by atomic mass is 9.56. The van der Waals surface area contributed by atoms with Crippen LogP contribution in [0.25, 0.3) is 44.0 Å². The second kappa shape index (κ2) is 5.51. The molecule has 2 nitrogen and oxygen atoms in total. The first-order valence-electron chi connectivity index (χ1n) is 10.7. The van der Waals surface area contributed by atoms with E-state index in [-0.39, 0.29) is 10.8 Å². The molecule has 0 atom stereocenters. The molecule has 1 aliphatic rings. The maximum atomic E-state index is 6.46. The molecule has 2 aromatic heterocycles. The molecule has 30 heavy (non-hydrogen) atoms. The number of nitrogens with zero attached hydrogens (tertiary/aromatic N) is 1. The monoisotopic (exact) mass is 391 g/mol. The maximum Gasteiger partial charge on any atom is 0.139 e. The number of pyridine rings is 1. The number of rotatable bonds is 0. The van der Waals surface area contributed by atoms with Crippen LogP contribution in [-0.4, -0.2) is 4.98 Å². The molecule has 0 spiro atoms. The van der Waals surface area contributed by atoms with E-state index in [4.69, 9.17) is 9.40 Å². The maximum absolute atomic E-state index is 6.46. The van der Waals surface area contributed by atoms with Gasteiger partial charge in [-0.2, -0.15) is 0 Å². The van der Waals surface area contributed by atoms with Gasteiger partial charge in [0.2, 0.25) is 0 Å². The molecule has 0 saturated carbocycles. The average molecular weight is 392 g/mol. The Hall–Kier alpha value is -3.13. The molecule has 0 amide bonds. The highest BCUT2D eigenvalue weighted by atomic mass is 16.3. The quantitative estimate of drug-likeness (QED) is 0.270. The van der Waals surface area contributed by atoms with Crippen LogP contribution in [0.15, 0.2) is 65.2 Å². The highest BCUT2D eigenvalue weighted by Crippen LogP contribution is 2.55. The van der Waals surface area contributed by atoms with Crippen molar-refractivity contribution >= 4 is 32.7 Å². The molecule has 148 valence electrons. The zero-order valence-electron chi connectivity index (χ0n) is 18.1. The van der Waals surface area contributed by atoms with E-state index >= 15 is 0 Å². The molecule has 0 unspecified atom stereocenters. The van der Waals surface area contributed by atoms with Gasteiger partial charge < -0.3 is 4.42 Å². The van der Waals surface area contributed by atoms with Crippen molar-refractivity contribution < 1.29 is 4.42 Å². The molecular formula is C28H25NO. The largest absolute Gasteiger partial charge is 0.456 e. The fourth-order valence-corrected chi connectivity index (χ4v) is 5.42. The minimum Gasteiger partial charge on any atom is -0.456 e. The van der Waals surface area contributed by atoms with Crippen molar-refractivity contribution in [1.29, 1.82) is 0 Å². The molecule has 1 aliphatic carbocycles. The molecule has 0 fully saturated rings. The van der Waals surface area contributed by atoms with Gasteiger partial charge >= 0.3 is 0 Å². The molecule has 0 bridgehead atoms. The summed E-state index contributed by atoms with van der Waals surface area (Å²) in [5.41, 5.74) is 8.04. The number of benzene rings is 3. The third-order valence-electron chi connectivity index (χ3n) is 7.84. The van der Waals surface area contributed by atoms with E-state index in [1.807, 2.05) is 6.20 Å². The molecule has 0 radical (unpaired) electrons. The van der Waals surface area contributed by atoms with Crippen molar-refractivity contribution in [3.05, 3.63) is 77.5 Å². The highest BCUT2D eigenvalue weighted by Gasteiger charge is 2.47. The minimum absolute atomic E-state index is 0.0364. The van der Waals surface area contributed by atoms with Crippen LogP contribution in [0.5, 0.6) is 0 Å². The Labute approximate surface area is 176 Å². The summed E-state index contributed by atoms with van der Waals surface area (Å²) >= 11 is 0. The van der Waals surface area contributed by atoms with Gasteiger partial charge in [-0.25, -0.2) is 0 Å². The van der Waals surface area contributed by atoms with Crippen molar-refractivity contribution in [1.82, 2.24) is 4.98 Å². The zero-order chi connectivity index (χ0) is 20.8. The Morgan fingerprint density at radius 2 is 1.57 bits per heavy atom. The van der Waals surface area contributed by atoms with Crippen molar-refractivity contribution in [2.45, 2.75) is 45.4 Å². The fourth-order valence-electron chi connectivity index (χ4n) is 5.42. The average Bonchev–Trinajstić information content (AvgIpc) is 3.12. The number of aryl methyl sites for hydroxylation is 1. The Balaban J connectivity index is 1.85. The van der Waals surface area contributed by atoms with Gasteiger partial charge in [0.05, 0.1) is 5.69 Å². The van der Waals surface area contributed by atoms with Gasteiger partial charge in [0.25, 0.3) is 0 Å². The summed E-state index contributed by atoms with van der Waals surface area (Å²) in [5, 5.41) is 4.92. The van der Waals surface area contributed by atoms with Crippen molar-refractivity contribution in [3.63, 3.8) is 0 Å². The van der Waals surface area contributed by atoms with E-state index in [1.165, 1.54) is 43.8 Å². The normalized spacial score (nSPS) is 16.7. The van der Waals surface area contributed by atoms with Crippen LogP contribution < -0.4 is 0 Å². The van der Waals surface area contributed by atoms with E-state index in [1.54, 1.807) is 0 Å². The number of aromatic nitrogens is 1. The van der Waals surface area contributed by atoms with Crippen molar-refractivity contribution in [2.24, 2.45) is 0 Å². The van der Waals surface area contributed by atoms with Gasteiger partial charge in [-0.1, -0.05) is 64.1 Å². The van der Waals surface area contributed by atoms with E-state index in [0.29, 0.717) is 0 Å². The van der Waals surface area contributed by atoms with Gasteiger partial charge in [-0.15, -0.1) is 0 Å². The van der Waals surface area contributed by atoms with Gasteiger partial charge in [0, 0.05) is 33.5 Å². The smallest absolute Gasteiger partial charge is 0.139 e. The number of furan rings is 1. The van der Waals surface area contributed by atoms with E-state index in [2.05, 4.69) is 89.2 Å². The highest BCUT2D eigenvalue weighted by molar-refractivity contribution is 6.20. The summed E-state index contributed by atoms with van der Waals surface area (Å²) in [6.07, 6.45) is 1.91. The number of hydrogen-bond acceptors (Lipinski definition) is 2. The molecule has 3 aromatic carbocycles. The topological polar surface area (TPSA) is 26.0 Å². The van der Waals surface area contributed by atoms with E-state index in [0.717, 1.165) is 16.9 Å². The lowest BCUT2D eigenvalue weighted by Crippen LogP contribution is -2.44. The summed E-state index contributed by atoms with van der Waals surface area (Å²) in [7, 11) is 0. The summed E-state index contributed by atoms with van der Waals surface area (Å²) in [5.74, 6) is 0. The summed E-state index contributed by atoms with van der Waals surface area (Å²) < 4.78 is 6.46. The predicted octanol–water partition coefficient (Wildman–Crippen LogP) is 7.68. The molecule has 0 N–H and O–H groups in total. The predicted molar refractivity (Wildman–Crippen MR) is 125 cm³/mol. The number of hydrogen-bond donors (Lipinski definition) is 0. The number of fused-ring (bicyclic) bond motifs is 8. The molecule has 0 saturated heterocycles. The van der Waals surface area contributed by atoms with Gasteiger partial charge in [-0.3, -0.25) is 4.98 Å². The van der Waals surface area contributed by atoms with Gasteiger partial charge in [0.1, 0.15) is 11.2 Å². The molecule has 0 aliphatic heterocycles. The van der Waals surface area contributed by atoms with Crippen LogP contribution in [0.3, 0.4) is 0 Å². The van der Waals surface area contributed by atoms with Crippen LogP contribution in [-0.2, 0) is 10.8 Å². The lowest BCUT2D eigenvalue weighted by molar-refractivity contribution is 0.298. The zero-order valence-corrected chi connectivity index (χ0v) is 18.1. The Kier molecular flexibility index (Phi) is 3.25. The minimum atomic E-state index is -0.0501. The fraction of sp³-hybridized carbons (Fsp3) is 0.250. The Morgan fingerprint density at radius 1 is 0.800 bits per heavy atom. The Bertz CT molecular complexity index is 1500.